The van der Waals surface area contributed by atoms with Gasteiger partial charge in [-0.1, -0.05) is 41.7 Å². The Balaban J connectivity index is 2.63. The van der Waals surface area contributed by atoms with Crippen LogP contribution in [-0.2, 0) is 9.53 Å². The number of carbonyl (C=O) groups is 1. The second kappa shape index (κ2) is 7.00. The van der Waals surface area contributed by atoms with E-state index >= 15 is 0 Å². The summed E-state index contributed by atoms with van der Waals surface area (Å²) < 4.78 is 3.75. The number of hydrogen-bond acceptors (Lipinski definition) is 2. The Morgan fingerprint density at radius 2 is 2.00 bits per heavy atom. The summed E-state index contributed by atoms with van der Waals surface area (Å²) in [5.74, 6) is -0.0807. The lowest BCUT2D eigenvalue weighted by atomic mass is 10.3. The van der Waals surface area contributed by atoms with E-state index in [1.54, 1.807) is 0 Å². The zero-order valence-electron chi connectivity index (χ0n) is 9.77. The molecule has 100 valence electrons. The molecule has 0 aliphatic carbocycles. The van der Waals surface area contributed by atoms with Crippen LogP contribution in [0.5, 0.6) is 0 Å². The summed E-state index contributed by atoms with van der Waals surface area (Å²) in [5, 5.41) is 2.80. The Bertz CT molecular complexity index is 252. The summed E-state index contributed by atoms with van der Waals surface area (Å²) in [5.41, 5.74) is 0. The lowest BCUT2D eigenvalue weighted by molar-refractivity contribution is -0.934. The molecule has 1 fully saturated rings. The predicted octanol–water partition coefficient (Wildman–Crippen LogP) is 0.514. The van der Waals surface area contributed by atoms with Crippen LogP contribution in [0.1, 0.15) is 19.8 Å². The number of quaternary nitrogens is 1. The van der Waals surface area contributed by atoms with E-state index in [2.05, 4.69) is 5.32 Å². The van der Waals surface area contributed by atoms with Gasteiger partial charge in [-0.15, -0.1) is 0 Å². The van der Waals surface area contributed by atoms with Gasteiger partial charge in [-0.3, -0.25) is 4.79 Å². The SMILES string of the molecule is CCCC(=O)N[C@@H]([NH+]1CCOCC1)C(Cl)(Cl)Cl. The zero-order valence-corrected chi connectivity index (χ0v) is 12.0. The monoisotopic (exact) mass is 303 g/mol. The van der Waals surface area contributed by atoms with Crippen LogP contribution >= 0.6 is 34.8 Å². The van der Waals surface area contributed by atoms with E-state index in [1.165, 1.54) is 0 Å². The highest BCUT2D eigenvalue weighted by Crippen LogP contribution is 2.27. The Morgan fingerprint density at radius 1 is 1.41 bits per heavy atom. The van der Waals surface area contributed by atoms with E-state index in [4.69, 9.17) is 39.5 Å². The molecule has 7 heteroatoms. The molecule has 0 aromatic carbocycles. The molecule has 1 aliphatic rings. The highest BCUT2D eigenvalue weighted by molar-refractivity contribution is 6.68. The van der Waals surface area contributed by atoms with Crippen molar-refractivity contribution in [3.63, 3.8) is 0 Å². The minimum Gasteiger partial charge on any atom is -0.370 e. The first-order valence-electron chi connectivity index (χ1n) is 5.73. The quantitative estimate of drug-likeness (QED) is 0.744. The number of halogens is 3. The predicted molar refractivity (Wildman–Crippen MR) is 68.6 cm³/mol. The summed E-state index contributed by atoms with van der Waals surface area (Å²) in [6, 6.07) is 0. The number of hydrogen-bond donors (Lipinski definition) is 2. The van der Waals surface area contributed by atoms with Gasteiger partial charge in [0.05, 0.1) is 13.2 Å². The topological polar surface area (TPSA) is 42.8 Å². The molecule has 0 spiro atoms. The maximum Gasteiger partial charge on any atom is 0.262 e. The molecule has 4 nitrogen and oxygen atoms in total. The zero-order chi connectivity index (χ0) is 12.9. The van der Waals surface area contributed by atoms with Gasteiger partial charge >= 0.3 is 0 Å². The van der Waals surface area contributed by atoms with Crippen molar-refractivity contribution in [2.45, 2.75) is 29.7 Å². The molecule has 1 heterocycles. The van der Waals surface area contributed by atoms with Crippen LogP contribution in [0.3, 0.4) is 0 Å². The number of amides is 1. The Kier molecular flexibility index (Phi) is 6.31. The molecule has 0 aromatic rings. The number of morpholine rings is 1. The van der Waals surface area contributed by atoms with Gasteiger partial charge in [0, 0.05) is 6.42 Å². The van der Waals surface area contributed by atoms with Crippen molar-refractivity contribution >= 4 is 40.7 Å². The van der Waals surface area contributed by atoms with E-state index in [1.807, 2.05) is 6.92 Å². The van der Waals surface area contributed by atoms with Crippen molar-refractivity contribution in [2.75, 3.05) is 26.3 Å². The van der Waals surface area contributed by atoms with Gasteiger partial charge in [-0.25, -0.2) is 0 Å². The fourth-order valence-corrected chi connectivity index (χ4v) is 2.42. The molecule has 1 amide bonds. The van der Waals surface area contributed by atoms with Crippen LogP contribution in [0.15, 0.2) is 0 Å². The molecule has 2 N–H and O–H groups in total. The molecule has 0 aromatic heterocycles. The molecule has 0 radical (unpaired) electrons. The Hall–Kier alpha value is 0.260. The molecule has 0 bridgehead atoms. The second-order valence-corrected chi connectivity index (χ2v) is 6.43. The van der Waals surface area contributed by atoms with Gasteiger partial charge < -0.3 is 15.0 Å². The van der Waals surface area contributed by atoms with Crippen molar-refractivity contribution in [3.8, 4) is 0 Å². The van der Waals surface area contributed by atoms with Gasteiger partial charge in [0.2, 0.25) is 12.1 Å². The van der Waals surface area contributed by atoms with Crippen molar-refractivity contribution < 1.29 is 14.4 Å². The molecule has 1 saturated heterocycles. The smallest absolute Gasteiger partial charge is 0.262 e. The third-order valence-electron chi connectivity index (χ3n) is 2.65. The van der Waals surface area contributed by atoms with Crippen LogP contribution in [-0.4, -0.2) is 42.2 Å². The normalized spacial score (nSPS) is 20.0. The number of alkyl halides is 3. The molecular formula is C10H18Cl3N2O2+. The van der Waals surface area contributed by atoms with Crippen molar-refractivity contribution in [3.05, 3.63) is 0 Å². The van der Waals surface area contributed by atoms with E-state index in [-0.39, 0.29) is 5.91 Å². The molecule has 1 rings (SSSR count). The van der Waals surface area contributed by atoms with Crippen molar-refractivity contribution in [1.29, 1.82) is 0 Å². The summed E-state index contributed by atoms with van der Waals surface area (Å²) in [4.78, 5) is 12.7. The lowest BCUT2D eigenvalue weighted by Crippen LogP contribution is -3.21. The van der Waals surface area contributed by atoms with Crippen molar-refractivity contribution in [1.82, 2.24) is 5.32 Å². The molecule has 1 aliphatic heterocycles. The van der Waals surface area contributed by atoms with Gasteiger partial charge in [0.25, 0.3) is 3.79 Å². The molecule has 1 atom stereocenters. The average Bonchev–Trinajstić information content (AvgIpc) is 2.26. The van der Waals surface area contributed by atoms with Gasteiger partial charge in [0.1, 0.15) is 13.1 Å². The second-order valence-electron chi connectivity index (χ2n) is 4.06. The van der Waals surface area contributed by atoms with Gasteiger partial charge in [-0.05, 0) is 6.42 Å². The van der Waals surface area contributed by atoms with Crippen LogP contribution in [0.25, 0.3) is 0 Å². The van der Waals surface area contributed by atoms with Gasteiger partial charge in [-0.2, -0.15) is 0 Å². The summed E-state index contributed by atoms with van der Waals surface area (Å²) in [6.45, 7) is 4.63. The van der Waals surface area contributed by atoms with E-state index in [0.717, 1.165) is 24.4 Å². The highest BCUT2D eigenvalue weighted by atomic mass is 35.6. The molecule has 0 unspecified atom stereocenters. The number of ether oxygens (including phenoxy) is 1. The Morgan fingerprint density at radius 3 is 2.47 bits per heavy atom. The lowest BCUT2D eigenvalue weighted by Gasteiger charge is -2.35. The average molecular weight is 305 g/mol. The summed E-state index contributed by atoms with van der Waals surface area (Å²) in [6.07, 6.45) is 0.702. The maximum absolute atomic E-state index is 11.6. The standard InChI is InChI=1S/C10H17Cl3N2O2/c1-2-3-8(16)14-9(10(11,12)13)15-4-6-17-7-5-15/h9H,2-7H2,1H3,(H,14,16)/p+1/t9-/m0/s1. The van der Waals surface area contributed by atoms with E-state index in [9.17, 15) is 4.79 Å². The molecule has 17 heavy (non-hydrogen) atoms. The summed E-state index contributed by atoms with van der Waals surface area (Å²) in [7, 11) is 0. The summed E-state index contributed by atoms with van der Waals surface area (Å²) >= 11 is 17.8. The fourth-order valence-electron chi connectivity index (χ4n) is 1.80. The highest BCUT2D eigenvalue weighted by Gasteiger charge is 2.42. The number of nitrogens with one attached hydrogen (secondary N) is 2. The maximum atomic E-state index is 11.6. The van der Waals surface area contributed by atoms with Gasteiger partial charge in [0.15, 0.2) is 0 Å². The molecule has 0 saturated carbocycles. The van der Waals surface area contributed by atoms with E-state index < -0.39 is 9.96 Å². The largest absolute Gasteiger partial charge is 0.370 e. The first kappa shape index (κ1) is 15.3. The third-order valence-corrected chi connectivity index (χ3v) is 3.31. The Labute approximate surface area is 117 Å². The molecular weight excluding hydrogens is 286 g/mol. The van der Waals surface area contributed by atoms with Crippen LogP contribution in [0, 0.1) is 0 Å². The minimum atomic E-state index is -1.50. The number of carbonyl (C=O) groups excluding carboxylic acids is 1. The minimum absolute atomic E-state index is 0.0807. The van der Waals surface area contributed by atoms with Crippen LogP contribution in [0.4, 0.5) is 0 Å². The third kappa shape index (κ3) is 5.18. The first-order valence-corrected chi connectivity index (χ1v) is 6.87. The van der Waals surface area contributed by atoms with E-state index in [0.29, 0.717) is 19.6 Å². The number of rotatable bonds is 4. The van der Waals surface area contributed by atoms with Crippen LogP contribution in [0.2, 0.25) is 0 Å². The van der Waals surface area contributed by atoms with Crippen molar-refractivity contribution in [2.24, 2.45) is 0 Å². The van der Waals surface area contributed by atoms with Crippen LogP contribution < -0.4 is 10.2 Å². The first-order chi connectivity index (χ1) is 7.95. The fraction of sp³-hybridized carbons (Fsp3) is 0.900.